The van der Waals surface area contributed by atoms with Gasteiger partial charge in [0, 0.05) is 56.5 Å². The van der Waals surface area contributed by atoms with Crippen LogP contribution < -0.4 is 4.90 Å². The summed E-state index contributed by atoms with van der Waals surface area (Å²) in [5.41, 5.74) is 2.40. The molecule has 1 atom stereocenters. The first-order valence-electron chi connectivity index (χ1n) is 10.9. The second kappa shape index (κ2) is 8.31. The van der Waals surface area contributed by atoms with E-state index in [1.807, 2.05) is 13.8 Å². The Morgan fingerprint density at radius 1 is 1.16 bits per heavy atom. The summed E-state index contributed by atoms with van der Waals surface area (Å²) in [5, 5.41) is 4.36. The largest absolute Gasteiger partial charge is 0.300 e. The van der Waals surface area contributed by atoms with Crippen LogP contribution in [-0.4, -0.2) is 58.5 Å². The van der Waals surface area contributed by atoms with Crippen LogP contribution in [0.4, 0.5) is 5.82 Å². The van der Waals surface area contributed by atoms with Crippen molar-refractivity contribution in [3.8, 4) is 0 Å². The Morgan fingerprint density at radius 3 is 2.68 bits per heavy atom. The summed E-state index contributed by atoms with van der Waals surface area (Å²) >= 11 is 0. The van der Waals surface area contributed by atoms with E-state index in [0.29, 0.717) is 49.8 Å². The summed E-state index contributed by atoms with van der Waals surface area (Å²) < 4.78 is 30.0. The highest BCUT2D eigenvalue weighted by Crippen LogP contribution is 2.33. The van der Waals surface area contributed by atoms with Crippen molar-refractivity contribution < 1.29 is 13.2 Å². The number of carbonyl (C=O) groups excluding carboxylic acids is 1. The summed E-state index contributed by atoms with van der Waals surface area (Å²) in [6.07, 6.45) is 5.19. The van der Waals surface area contributed by atoms with E-state index >= 15 is 0 Å². The average Bonchev–Trinajstić information content (AvgIpc) is 3.12. The second-order valence-electron chi connectivity index (χ2n) is 8.47. The van der Waals surface area contributed by atoms with E-state index in [-0.39, 0.29) is 16.7 Å². The zero-order valence-electron chi connectivity index (χ0n) is 18.6. The molecule has 0 saturated carbocycles. The number of aryl methyl sites for hydroxylation is 3. The van der Waals surface area contributed by atoms with Crippen molar-refractivity contribution in [3.63, 3.8) is 0 Å². The number of fused-ring (bicyclic) bond motifs is 1. The van der Waals surface area contributed by atoms with Gasteiger partial charge in [-0.1, -0.05) is 6.92 Å². The molecule has 0 radical (unpaired) electrons. The number of hydrogen-bond donors (Lipinski definition) is 0. The number of hydrogen-bond acceptors (Lipinski definition) is 6. The van der Waals surface area contributed by atoms with E-state index in [1.54, 1.807) is 29.7 Å². The molecule has 4 heterocycles. The Kier molecular flexibility index (Phi) is 5.87. The van der Waals surface area contributed by atoms with E-state index in [2.05, 4.69) is 5.10 Å². The molecule has 2 aliphatic heterocycles. The van der Waals surface area contributed by atoms with Crippen molar-refractivity contribution in [2.24, 2.45) is 0 Å². The number of rotatable bonds is 5. The molecule has 0 spiro atoms. The zero-order valence-corrected chi connectivity index (χ0v) is 19.4. The molecule has 2 aromatic rings. The topological polar surface area (TPSA) is 101 Å². The summed E-state index contributed by atoms with van der Waals surface area (Å²) in [6.45, 7) is 7.20. The lowest BCUT2D eigenvalue weighted by atomic mass is 9.97. The third kappa shape index (κ3) is 3.98. The Bertz CT molecular complexity index is 1110. The molecule has 31 heavy (non-hydrogen) atoms. The fourth-order valence-corrected chi connectivity index (χ4v) is 6.17. The van der Waals surface area contributed by atoms with Crippen molar-refractivity contribution in [2.45, 2.75) is 70.2 Å². The Labute approximate surface area is 183 Å². The first-order chi connectivity index (χ1) is 14.7. The molecule has 0 bridgehead atoms. The third-order valence-electron chi connectivity index (χ3n) is 6.21. The van der Waals surface area contributed by atoms with Gasteiger partial charge in [0.25, 0.3) is 0 Å². The van der Waals surface area contributed by atoms with Gasteiger partial charge in [-0.2, -0.15) is 9.40 Å². The highest BCUT2D eigenvalue weighted by atomic mass is 32.2. The van der Waals surface area contributed by atoms with Crippen molar-refractivity contribution in [1.82, 2.24) is 24.1 Å². The predicted octanol–water partition coefficient (Wildman–Crippen LogP) is 2.18. The minimum absolute atomic E-state index is 0.0453. The van der Waals surface area contributed by atoms with E-state index in [4.69, 9.17) is 9.97 Å². The molecule has 0 aromatic carbocycles. The molecule has 0 unspecified atom stereocenters. The van der Waals surface area contributed by atoms with Crippen LogP contribution >= 0.6 is 0 Å². The van der Waals surface area contributed by atoms with Gasteiger partial charge in [0.1, 0.15) is 16.5 Å². The molecule has 1 saturated heterocycles. The Balaban J connectivity index is 1.62. The van der Waals surface area contributed by atoms with Gasteiger partial charge in [0.15, 0.2) is 0 Å². The van der Waals surface area contributed by atoms with E-state index < -0.39 is 10.0 Å². The normalized spacial score (nSPS) is 20.2. The van der Waals surface area contributed by atoms with Gasteiger partial charge in [0.05, 0.1) is 5.69 Å². The summed E-state index contributed by atoms with van der Waals surface area (Å²) in [6, 6.07) is 0. The summed E-state index contributed by atoms with van der Waals surface area (Å²) in [7, 11) is -1.91. The molecule has 4 rings (SSSR count). The molecular weight excluding hydrogens is 416 g/mol. The molecule has 9 nitrogen and oxygen atoms in total. The number of piperidine rings is 1. The third-order valence-corrected chi connectivity index (χ3v) is 8.18. The van der Waals surface area contributed by atoms with E-state index in [1.165, 1.54) is 4.31 Å². The maximum atomic E-state index is 13.4. The highest BCUT2D eigenvalue weighted by Gasteiger charge is 2.35. The van der Waals surface area contributed by atoms with Crippen LogP contribution in [0.25, 0.3) is 0 Å². The van der Waals surface area contributed by atoms with Gasteiger partial charge in [-0.15, -0.1) is 0 Å². The highest BCUT2D eigenvalue weighted by molar-refractivity contribution is 7.89. The number of aromatic nitrogens is 4. The standard InChI is InChI=1S/C21H30N6O3S/c1-5-10-26-13-18(15(3)24-26)31(29,30)27-11-6-7-16(12-27)20-22-14(2)17-8-9-19(28)25(4)21(17)23-20/h13,16H,5-12H2,1-4H3/t16-/m0/s1. The number of sulfonamides is 1. The van der Waals surface area contributed by atoms with Crippen LogP contribution in [0, 0.1) is 13.8 Å². The van der Waals surface area contributed by atoms with Crippen molar-refractivity contribution in [3.05, 3.63) is 29.0 Å². The van der Waals surface area contributed by atoms with E-state index in [0.717, 1.165) is 30.5 Å². The van der Waals surface area contributed by atoms with Crippen LogP contribution in [0.1, 0.15) is 61.3 Å². The van der Waals surface area contributed by atoms with Gasteiger partial charge < -0.3 is 0 Å². The minimum Gasteiger partial charge on any atom is -0.300 e. The first-order valence-corrected chi connectivity index (χ1v) is 12.3. The fourth-order valence-electron chi connectivity index (χ4n) is 4.48. The molecule has 1 fully saturated rings. The number of carbonyl (C=O) groups is 1. The SMILES string of the molecule is CCCn1cc(S(=O)(=O)N2CCC[C@H](c3nc(C)c4c(n3)N(C)C(=O)CC4)C2)c(C)n1. The zero-order chi connectivity index (χ0) is 22.3. The average molecular weight is 447 g/mol. The van der Waals surface area contributed by atoms with Gasteiger partial charge >= 0.3 is 0 Å². The molecular formula is C21H30N6O3S. The van der Waals surface area contributed by atoms with Gasteiger partial charge in [-0.3, -0.25) is 14.4 Å². The molecule has 168 valence electrons. The minimum atomic E-state index is -3.65. The van der Waals surface area contributed by atoms with Crippen LogP contribution in [0.3, 0.4) is 0 Å². The Morgan fingerprint density at radius 2 is 1.94 bits per heavy atom. The number of amides is 1. The smallest absolute Gasteiger partial charge is 0.246 e. The first kappa shape index (κ1) is 21.9. The quantitative estimate of drug-likeness (QED) is 0.698. The second-order valence-corrected chi connectivity index (χ2v) is 10.4. The van der Waals surface area contributed by atoms with Crippen molar-refractivity contribution >= 4 is 21.7 Å². The van der Waals surface area contributed by atoms with Gasteiger partial charge in [0.2, 0.25) is 15.9 Å². The molecule has 2 aromatic heterocycles. The van der Waals surface area contributed by atoms with Crippen molar-refractivity contribution in [1.29, 1.82) is 0 Å². The van der Waals surface area contributed by atoms with Gasteiger partial charge in [-0.05, 0) is 39.5 Å². The molecule has 1 amide bonds. The summed E-state index contributed by atoms with van der Waals surface area (Å²) in [5.74, 6) is 1.22. The van der Waals surface area contributed by atoms with Gasteiger partial charge in [-0.25, -0.2) is 18.4 Å². The molecule has 0 N–H and O–H groups in total. The fraction of sp³-hybridized carbons (Fsp3) is 0.619. The lowest BCUT2D eigenvalue weighted by Gasteiger charge is -2.32. The van der Waals surface area contributed by atoms with E-state index in [9.17, 15) is 13.2 Å². The molecule has 10 heteroatoms. The summed E-state index contributed by atoms with van der Waals surface area (Å²) in [4.78, 5) is 23.5. The van der Waals surface area contributed by atoms with Crippen LogP contribution in [0.2, 0.25) is 0 Å². The maximum absolute atomic E-state index is 13.4. The Hall–Kier alpha value is -2.33. The predicted molar refractivity (Wildman–Crippen MR) is 116 cm³/mol. The van der Waals surface area contributed by atoms with Crippen LogP contribution in [0.15, 0.2) is 11.1 Å². The van der Waals surface area contributed by atoms with Crippen LogP contribution in [-0.2, 0) is 27.8 Å². The lowest BCUT2D eigenvalue weighted by Crippen LogP contribution is -2.40. The van der Waals surface area contributed by atoms with Crippen molar-refractivity contribution in [2.75, 3.05) is 25.0 Å². The maximum Gasteiger partial charge on any atom is 0.246 e. The number of nitrogens with zero attached hydrogens (tertiary/aromatic N) is 6. The molecule has 2 aliphatic rings. The number of anilines is 1. The van der Waals surface area contributed by atoms with Crippen LogP contribution in [0.5, 0.6) is 0 Å². The molecule has 0 aliphatic carbocycles. The monoisotopic (exact) mass is 446 g/mol. The lowest BCUT2D eigenvalue weighted by molar-refractivity contribution is -0.118.